The second kappa shape index (κ2) is 6.46. The van der Waals surface area contributed by atoms with Crippen LogP contribution in [0.2, 0.25) is 5.02 Å². The molecule has 0 amide bonds. The van der Waals surface area contributed by atoms with Crippen LogP contribution in [0.5, 0.6) is 0 Å². The number of rotatable bonds is 6. The molecule has 2 aromatic rings. The number of nitrogens with two attached hydrogens (primary N) is 1. The largest absolute Gasteiger partial charge is 0.469 e. The standard InChI is InChI=1S/C13H16ClN3O3S/c1-9(4-5-10-3-2-6-20-10)17-21(18,19)11-7-12(14)13(15)16-8-11/h2-3,6-9,17H,4-5H2,1H3,(H2,15,16). The summed E-state index contributed by atoms with van der Waals surface area (Å²) in [5, 5.41) is 0.112. The lowest BCUT2D eigenvalue weighted by atomic mass is 10.2. The normalized spacial score (nSPS) is 13.2. The molecule has 1 atom stereocenters. The summed E-state index contributed by atoms with van der Waals surface area (Å²) >= 11 is 5.79. The zero-order valence-electron chi connectivity index (χ0n) is 11.4. The number of anilines is 1. The molecule has 0 radical (unpaired) electrons. The van der Waals surface area contributed by atoms with Crippen LogP contribution in [-0.2, 0) is 16.4 Å². The van der Waals surface area contributed by atoms with Crippen molar-refractivity contribution in [3.8, 4) is 0 Å². The van der Waals surface area contributed by atoms with Crippen molar-refractivity contribution in [3.63, 3.8) is 0 Å². The molecule has 114 valence electrons. The third kappa shape index (κ3) is 4.20. The summed E-state index contributed by atoms with van der Waals surface area (Å²) in [6.45, 7) is 1.78. The fraction of sp³-hybridized carbons (Fsp3) is 0.308. The summed E-state index contributed by atoms with van der Waals surface area (Å²) in [7, 11) is -3.67. The molecule has 0 fully saturated rings. The number of nitrogen functional groups attached to an aromatic ring is 1. The predicted molar refractivity (Wildman–Crippen MR) is 80.5 cm³/mol. The third-order valence-corrected chi connectivity index (χ3v) is 4.77. The van der Waals surface area contributed by atoms with Gasteiger partial charge >= 0.3 is 0 Å². The second-order valence-corrected chi connectivity index (χ2v) is 6.80. The Kier molecular flexibility index (Phi) is 4.87. The van der Waals surface area contributed by atoms with Gasteiger partial charge in [-0.1, -0.05) is 11.6 Å². The topological polar surface area (TPSA) is 98.2 Å². The predicted octanol–water partition coefficient (Wildman–Crippen LogP) is 2.21. The lowest BCUT2D eigenvalue weighted by Crippen LogP contribution is -2.33. The second-order valence-electron chi connectivity index (χ2n) is 4.68. The highest BCUT2D eigenvalue weighted by molar-refractivity contribution is 7.89. The van der Waals surface area contributed by atoms with E-state index in [1.165, 1.54) is 12.3 Å². The van der Waals surface area contributed by atoms with Crippen molar-refractivity contribution in [1.29, 1.82) is 0 Å². The summed E-state index contributed by atoms with van der Waals surface area (Å²) in [5.41, 5.74) is 5.47. The van der Waals surface area contributed by atoms with Crippen LogP contribution in [0.25, 0.3) is 0 Å². The van der Waals surface area contributed by atoms with Crippen molar-refractivity contribution in [2.45, 2.75) is 30.7 Å². The molecule has 0 aliphatic heterocycles. The molecule has 8 heteroatoms. The minimum atomic E-state index is -3.67. The summed E-state index contributed by atoms with van der Waals surface area (Å²) in [6.07, 6.45) is 4.04. The highest BCUT2D eigenvalue weighted by atomic mass is 35.5. The van der Waals surface area contributed by atoms with E-state index < -0.39 is 10.0 Å². The number of nitrogens with zero attached hydrogens (tertiary/aromatic N) is 1. The van der Waals surface area contributed by atoms with Gasteiger partial charge in [0.1, 0.15) is 16.5 Å². The number of aromatic nitrogens is 1. The van der Waals surface area contributed by atoms with Crippen LogP contribution in [0.4, 0.5) is 5.82 Å². The van der Waals surface area contributed by atoms with E-state index in [4.69, 9.17) is 21.8 Å². The number of furan rings is 1. The van der Waals surface area contributed by atoms with Crippen molar-refractivity contribution < 1.29 is 12.8 Å². The van der Waals surface area contributed by atoms with Crippen molar-refractivity contribution in [3.05, 3.63) is 41.4 Å². The number of sulfonamides is 1. The highest BCUT2D eigenvalue weighted by Crippen LogP contribution is 2.20. The van der Waals surface area contributed by atoms with Crippen LogP contribution >= 0.6 is 11.6 Å². The number of hydrogen-bond acceptors (Lipinski definition) is 5. The van der Waals surface area contributed by atoms with Crippen molar-refractivity contribution in [1.82, 2.24) is 9.71 Å². The molecule has 2 heterocycles. The molecule has 0 spiro atoms. The minimum absolute atomic E-state index is 0.00783. The van der Waals surface area contributed by atoms with E-state index in [0.717, 1.165) is 5.76 Å². The van der Waals surface area contributed by atoms with Gasteiger partial charge in [-0.2, -0.15) is 0 Å². The molecule has 0 saturated carbocycles. The Bertz CT molecular complexity index is 701. The lowest BCUT2D eigenvalue weighted by molar-refractivity contribution is 0.480. The molecule has 0 bridgehead atoms. The highest BCUT2D eigenvalue weighted by Gasteiger charge is 2.19. The van der Waals surface area contributed by atoms with E-state index >= 15 is 0 Å². The summed E-state index contributed by atoms with van der Waals surface area (Å²) in [5.74, 6) is 0.916. The Morgan fingerprint density at radius 3 is 2.90 bits per heavy atom. The Morgan fingerprint density at radius 2 is 2.29 bits per heavy atom. The minimum Gasteiger partial charge on any atom is -0.469 e. The van der Waals surface area contributed by atoms with Crippen molar-refractivity contribution in [2.75, 3.05) is 5.73 Å². The summed E-state index contributed by atoms with van der Waals surface area (Å²) in [4.78, 5) is 3.74. The van der Waals surface area contributed by atoms with Gasteiger partial charge < -0.3 is 10.2 Å². The van der Waals surface area contributed by atoms with E-state index in [2.05, 4.69) is 9.71 Å². The molecule has 2 aromatic heterocycles. The monoisotopic (exact) mass is 329 g/mol. The first-order chi connectivity index (χ1) is 9.88. The fourth-order valence-corrected chi connectivity index (χ4v) is 3.26. The van der Waals surface area contributed by atoms with Crippen LogP contribution in [-0.4, -0.2) is 19.4 Å². The zero-order chi connectivity index (χ0) is 15.5. The number of hydrogen-bond donors (Lipinski definition) is 2. The first kappa shape index (κ1) is 15.8. The Balaban J connectivity index is 2.01. The molecule has 3 N–H and O–H groups in total. The number of halogens is 1. The lowest BCUT2D eigenvalue weighted by Gasteiger charge is -2.13. The molecular formula is C13H16ClN3O3S. The Hall–Kier alpha value is -1.57. The van der Waals surface area contributed by atoms with Crippen LogP contribution < -0.4 is 10.5 Å². The fourth-order valence-electron chi connectivity index (χ4n) is 1.78. The average molecular weight is 330 g/mol. The first-order valence-electron chi connectivity index (χ1n) is 6.34. The third-order valence-electron chi connectivity index (χ3n) is 2.92. The van der Waals surface area contributed by atoms with E-state index in [0.29, 0.717) is 12.8 Å². The average Bonchev–Trinajstić information content (AvgIpc) is 2.92. The molecule has 2 rings (SSSR count). The molecule has 0 aromatic carbocycles. The van der Waals surface area contributed by atoms with Crippen molar-refractivity contribution >= 4 is 27.4 Å². The van der Waals surface area contributed by atoms with Gasteiger partial charge in [-0.25, -0.2) is 18.1 Å². The molecule has 1 unspecified atom stereocenters. The molecule has 0 aliphatic carbocycles. The molecular weight excluding hydrogens is 314 g/mol. The first-order valence-corrected chi connectivity index (χ1v) is 8.20. The molecule has 0 aliphatic rings. The summed E-state index contributed by atoms with van der Waals surface area (Å²) in [6, 6.07) is 4.68. The van der Waals surface area contributed by atoms with Crippen molar-refractivity contribution in [2.24, 2.45) is 0 Å². The number of nitrogens with one attached hydrogen (secondary N) is 1. The zero-order valence-corrected chi connectivity index (χ0v) is 13.0. The van der Waals surface area contributed by atoms with Gasteiger partial charge in [0.2, 0.25) is 10.0 Å². The van der Waals surface area contributed by atoms with E-state index in [-0.39, 0.29) is 21.8 Å². The molecule has 6 nitrogen and oxygen atoms in total. The summed E-state index contributed by atoms with van der Waals surface area (Å²) < 4.78 is 32.2. The maximum Gasteiger partial charge on any atom is 0.242 e. The van der Waals surface area contributed by atoms with E-state index in [1.54, 1.807) is 19.3 Å². The van der Waals surface area contributed by atoms with Crippen LogP contribution in [0, 0.1) is 0 Å². The SMILES string of the molecule is CC(CCc1ccco1)NS(=O)(=O)c1cnc(N)c(Cl)c1. The van der Waals surface area contributed by atoms with E-state index in [9.17, 15) is 8.42 Å². The van der Waals surface area contributed by atoms with Crippen LogP contribution in [0.3, 0.4) is 0 Å². The van der Waals surface area contributed by atoms with Gasteiger partial charge in [-0.05, 0) is 31.5 Å². The number of pyridine rings is 1. The van der Waals surface area contributed by atoms with Crippen LogP contribution in [0.15, 0.2) is 40.0 Å². The van der Waals surface area contributed by atoms with Gasteiger partial charge in [-0.3, -0.25) is 0 Å². The van der Waals surface area contributed by atoms with Gasteiger partial charge in [-0.15, -0.1) is 0 Å². The van der Waals surface area contributed by atoms with E-state index in [1.807, 2.05) is 6.07 Å². The quantitative estimate of drug-likeness (QED) is 0.846. The molecule has 0 saturated heterocycles. The maximum atomic E-state index is 12.2. The molecule has 21 heavy (non-hydrogen) atoms. The van der Waals surface area contributed by atoms with Gasteiger partial charge in [0.05, 0.1) is 11.3 Å². The maximum absolute atomic E-state index is 12.2. The van der Waals surface area contributed by atoms with Gasteiger partial charge in [0.25, 0.3) is 0 Å². The van der Waals surface area contributed by atoms with Gasteiger partial charge in [0, 0.05) is 18.7 Å². The smallest absolute Gasteiger partial charge is 0.242 e. The number of aryl methyl sites for hydroxylation is 1. The Labute approximate surface area is 128 Å². The van der Waals surface area contributed by atoms with Crippen LogP contribution in [0.1, 0.15) is 19.1 Å². The Morgan fingerprint density at radius 1 is 1.52 bits per heavy atom. The van der Waals surface area contributed by atoms with Gasteiger partial charge in [0.15, 0.2) is 0 Å².